The van der Waals surface area contributed by atoms with Gasteiger partial charge in [-0.3, -0.25) is 9.69 Å². The van der Waals surface area contributed by atoms with Crippen LogP contribution in [0.1, 0.15) is 31.7 Å². The van der Waals surface area contributed by atoms with Crippen molar-refractivity contribution < 1.29 is 4.79 Å². The van der Waals surface area contributed by atoms with Gasteiger partial charge >= 0.3 is 0 Å². The summed E-state index contributed by atoms with van der Waals surface area (Å²) in [7, 11) is 0. The van der Waals surface area contributed by atoms with Crippen molar-refractivity contribution in [2.75, 3.05) is 18.4 Å². The number of benzene rings is 1. The van der Waals surface area contributed by atoms with Gasteiger partial charge in [-0.2, -0.15) is 0 Å². The monoisotopic (exact) mass is 287 g/mol. The van der Waals surface area contributed by atoms with Gasteiger partial charge in [0.25, 0.3) is 0 Å². The standard InChI is InChI=1S/C17H25N3O/c1-12-5-7-14(8-6-12)19-17(21)13(2)18-15-9-11-20-10-3-4-16(15)20/h5-8,13,15-16,18H,3-4,9-11H2,1-2H3,(H,19,21). The SMILES string of the molecule is Cc1ccc(NC(=O)C(C)NC2CCN3CCCC23)cc1. The van der Waals surface area contributed by atoms with Crippen LogP contribution in [0.2, 0.25) is 0 Å². The summed E-state index contributed by atoms with van der Waals surface area (Å²) in [6, 6.07) is 8.88. The number of amides is 1. The van der Waals surface area contributed by atoms with Crippen molar-refractivity contribution in [3.63, 3.8) is 0 Å². The first-order chi connectivity index (χ1) is 10.1. The lowest BCUT2D eigenvalue weighted by atomic mass is 10.1. The number of hydrogen-bond acceptors (Lipinski definition) is 3. The number of carbonyl (C=O) groups is 1. The summed E-state index contributed by atoms with van der Waals surface area (Å²) < 4.78 is 0. The first-order valence-electron chi connectivity index (χ1n) is 8.01. The number of aryl methyl sites for hydroxylation is 1. The Labute approximate surface area is 126 Å². The average molecular weight is 287 g/mol. The highest BCUT2D eigenvalue weighted by Gasteiger charge is 2.37. The van der Waals surface area contributed by atoms with Crippen LogP contribution in [0, 0.1) is 6.92 Å². The molecular formula is C17H25N3O. The molecule has 114 valence electrons. The Morgan fingerprint density at radius 3 is 2.76 bits per heavy atom. The number of rotatable bonds is 4. The third-order valence-corrected chi connectivity index (χ3v) is 4.78. The largest absolute Gasteiger partial charge is 0.325 e. The van der Waals surface area contributed by atoms with E-state index in [1.807, 2.05) is 38.1 Å². The molecule has 2 saturated heterocycles. The summed E-state index contributed by atoms with van der Waals surface area (Å²) in [4.78, 5) is 14.8. The van der Waals surface area contributed by atoms with Gasteiger partial charge in [-0.25, -0.2) is 0 Å². The third kappa shape index (κ3) is 3.27. The van der Waals surface area contributed by atoms with Crippen LogP contribution in [0.25, 0.3) is 0 Å². The van der Waals surface area contributed by atoms with Crippen LogP contribution in [-0.4, -0.2) is 42.0 Å². The van der Waals surface area contributed by atoms with Crippen molar-refractivity contribution in [3.05, 3.63) is 29.8 Å². The van der Waals surface area contributed by atoms with E-state index in [0.717, 1.165) is 12.1 Å². The molecule has 4 nitrogen and oxygen atoms in total. The van der Waals surface area contributed by atoms with E-state index in [9.17, 15) is 4.79 Å². The number of carbonyl (C=O) groups excluding carboxylic acids is 1. The molecule has 1 aromatic rings. The molecule has 2 aliphatic rings. The van der Waals surface area contributed by atoms with E-state index in [0.29, 0.717) is 12.1 Å². The molecule has 1 amide bonds. The van der Waals surface area contributed by atoms with E-state index >= 15 is 0 Å². The van der Waals surface area contributed by atoms with E-state index in [4.69, 9.17) is 0 Å². The summed E-state index contributed by atoms with van der Waals surface area (Å²) in [6.45, 7) is 6.41. The van der Waals surface area contributed by atoms with Gasteiger partial charge in [-0.15, -0.1) is 0 Å². The van der Waals surface area contributed by atoms with Crippen molar-refractivity contribution in [3.8, 4) is 0 Å². The predicted octanol–water partition coefficient (Wildman–Crippen LogP) is 2.15. The maximum absolute atomic E-state index is 12.3. The summed E-state index contributed by atoms with van der Waals surface area (Å²) in [5.41, 5.74) is 2.07. The maximum Gasteiger partial charge on any atom is 0.241 e. The van der Waals surface area contributed by atoms with E-state index in [2.05, 4.69) is 15.5 Å². The fourth-order valence-electron chi connectivity index (χ4n) is 3.56. The minimum absolute atomic E-state index is 0.0512. The Kier molecular flexibility index (Phi) is 4.27. The van der Waals surface area contributed by atoms with Crippen molar-refractivity contribution >= 4 is 11.6 Å². The summed E-state index contributed by atoms with van der Waals surface area (Å²) in [5, 5.41) is 6.52. The van der Waals surface area contributed by atoms with Gasteiger partial charge in [0.05, 0.1) is 6.04 Å². The van der Waals surface area contributed by atoms with Crippen LogP contribution in [0.5, 0.6) is 0 Å². The molecule has 0 aromatic heterocycles. The van der Waals surface area contributed by atoms with Gasteiger partial charge in [0.2, 0.25) is 5.91 Å². The van der Waals surface area contributed by atoms with Gasteiger partial charge in [0.15, 0.2) is 0 Å². The second kappa shape index (κ2) is 6.16. The molecule has 2 fully saturated rings. The lowest BCUT2D eigenvalue weighted by Gasteiger charge is -2.24. The van der Waals surface area contributed by atoms with Crippen molar-refractivity contribution in [2.24, 2.45) is 0 Å². The van der Waals surface area contributed by atoms with E-state index < -0.39 is 0 Å². The molecule has 4 heteroatoms. The molecule has 0 radical (unpaired) electrons. The normalized spacial score (nSPS) is 26.6. The van der Waals surface area contributed by atoms with Crippen LogP contribution >= 0.6 is 0 Å². The summed E-state index contributed by atoms with van der Waals surface area (Å²) in [5.74, 6) is 0.0512. The van der Waals surface area contributed by atoms with Gasteiger partial charge in [-0.05, 0) is 51.8 Å². The third-order valence-electron chi connectivity index (χ3n) is 4.78. The molecular weight excluding hydrogens is 262 g/mol. The smallest absolute Gasteiger partial charge is 0.241 e. The Hall–Kier alpha value is -1.39. The zero-order valence-corrected chi connectivity index (χ0v) is 12.9. The summed E-state index contributed by atoms with van der Waals surface area (Å²) in [6.07, 6.45) is 3.73. The maximum atomic E-state index is 12.3. The number of nitrogens with one attached hydrogen (secondary N) is 2. The predicted molar refractivity (Wildman–Crippen MR) is 85.4 cm³/mol. The first-order valence-corrected chi connectivity index (χ1v) is 8.01. The zero-order valence-electron chi connectivity index (χ0n) is 12.9. The quantitative estimate of drug-likeness (QED) is 0.892. The van der Waals surface area contributed by atoms with Crippen molar-refractivity contribution in [2.45, 2.75) is 51.2 Å². The van der Waals surface area contributed by atoms with E-state index in [1.54, 1.807) is 0 Å². The minimum Gasteiger partial charge on any atom is -0.325 e. The molecule has 1 aromatic carbocycles. The Morgan fingerprint density at radius 2 is 2.00 bits per heavy atom. The summed E-state index contributed by atoms with van der Waals surface area (Å²) >= 11 is 0. The van der Waals surface area contributed by atoms with Gasteiger partial charge in [0.1, 0.15) is 0 Å². The second-order valence-corrected chi connectivity index (χ2v) is 6.38. The molecule has 0 saturated carbocycles. The van der Waals surface area contributed by atoms with Gasteiger partial charge in [-0.1, -0.05) is 17.7 Å². The van der Waals surface area contributed by atoms with E-state index in [-0.39, 0.29) is 11.9 Å². The molecule has 0 bridgehead atoms. The molecule has 2 heterocycles. The van der Waals surface area contributed by atoms with Crippen LogP contribution in [0.4, 0.5) is 5.69 Å². The van der Waals surface area contributed by atoms with E-state index in [1.165, 1.54) is 31.5 Å². The molecule has 0 aliphatic carbocycles. The zero-order chi connectivity index (χ0) is 14.8. The molecule has 21 heavy (non-hydrogen) atoms. The second-order valence-electron chi connectivity index (χ2n) is 6.38. The molecule has 3 rings (SSSR count). The lowest BCUT2D eigenvalue weighted by molar-refractivity contribution is -0.118. The Balaban J connectivity index is 1.54. The van der Waals surface area contributed by atoms with Crippen LogP contribution in [0.3, 0.4) is 0 Å². The fourth-order valence-corrected chi connectivity index (χ4v) is 3.56. The van der Waals surface area contributed by atoms with Crippen LogP contribution in [0.15, 0.2) is 24.3 Å². The minimum atomic E-state index is -0.156. The average Bonchev–Trinajstić information content (AvgIpc) is 3.06. The molecule has 0 spiro atoms. The van der Waals surface area contributed by atoms with Crippen molar-refractivity contribution in [1.29, 1.82) is 0 Å². The molecule has 3 atom stereocenters. The highest BCUT2D eigenvalue weighted by atomic mass is 16.2. The number of fused-ring (bicyclic) bond motifs is 1. The number of anilines is 1. The van der Waals surface area contributed by atoms with Crippen molar-refractivity contribution in [1.82, 2.24) is 10.2 Å². The number of hydrogen-bond donors (Lipinski definition) is 2. The topological polar surface area (TPSA) is 44.4 Å². The van der Waals surface area contributed by atoms with Crippen LogP contribution < -0.4 is 10.6 Å². The first kappa shape index (κ1) is 14.5. The number of nitrogens with zero attached hydrogens (tertiary/aromatic N) is 1. The molecule has 2 aliphatic heterocycles. The highest BCUT2D eigenvalue weighted by Crippen LogP contribution is 2.28. The lowest BCUT2D eigenvalue weighted by Crippen LogP contribution is -2.48. The molecule has 2 N–H and O–H groups in total. The molecule has 3 unspecified atom stereocenters. The Morgan fingerprint density at radius 1 is 1.24 bits per heavy atom. The Bertz CT molecular complexity index is 499. The highest BCUT2D eigenvalue weighted by molar-refractivity contribution is 5.94. The van der Waals surface area contributed by atoms with Gasteiger partial charge in [0, 0.05) is 24.3 Å². The fraction of sp³-hybridized carbons (Fsp3) is 0.588. The van der Waals surface area contributed by atoms with Crippen LogP contribution in [-0.2, 0) is 4.79 Å². The van der Waals surface area contributed by atoms with Gasteiger partial charge < -0.3 is 10.6 Å².